The molecule has 0 aliphatic rings. The van der Waals surface area contributed by atoms with Gasteiger partial charge in [0.05, 0.1) is 12.1 Å². The molecule has 2 rings (SSSR count). The highest BCUT2D eigenvalue weighted by atomic mass is 35.5. The third-order valence-corrected chi connectivity index (χ3v) is 3.72. The minimum absolute atomic E-state index is 0.230. The van der Waals surface area contributed by atoms with E-state index < -0.39 is 6.10 Å². The molecule has 2 aromatic rings. The Balaban J connectivity index is 1.89. The summed E-state index contributed by atoms with van der Waals surface area (Å²) in [6.45, 7) is 2.07. The van der Waals surface area contributed by atoms with Gasteiger partial charge in [-0.2, -0.15) is 0 Å². The lowest BCUT2D eigenvalue weighted by atomic mass is 10.2. The van der Waals surface area contributed by atoms with Crippen LogP contribution < -0.4 is 14.8 Å². The number of rotatable bonds is 6. The molecule has 0 fully saturated rings. The zero-order chi connectivity index (χ0) is 16.8. The number of amides is 1. The van der Waals surface area contributed by atoms with Gasteiger partial charge in [-0.05, 0) is 42.8 Å². The van der Waals surface area contributed by atoms with Crippen LogP contribution in [0.1, 0.15) is 12.5 Å². The number of carbonyl (C=O) groups excluding carboxylic acids is 1. The predicted octanol–water partition coefficient (Wildman–Crippen LogP) is 4.09. The minimum atomic E-state index is -0.674. The molecular formula is C17H17Cl2NO3. The predicted molar refractivity (Wildman–Crippen MR) is 91.4 cm³/mol. The lowest BCUT2D eigenvalue weighted by molar-refractivity contribution is -0.127. The summed E-state index contributed by atoms with van der Waals surface area (Å²) in [7, 11) is 1.61. The Morgan fingerprint density at radius 1 is 1.17 bits per heavy atom. The molecule has 0 spiro atoms. The van der Waals surface area contributed by atoms with E-state index in [0.717, 1.165) is 11.3 Å². The normalized spacial score (nSPS) is 11.7. The van der Waals surface area contributed by atoms with Gasteiger partial charge in [0.2, 0.25) is 0 Å². The smallest absolute Gasteiger partial charge is 0.261 e. The lowest BCUT2D eigenvalue weighted by Crippen LogP contribution is -2.35. The lowest BCUT2D eigenvalue weighted by Gasteiger charge is -2.16. The molecule has 4 nitrogen and oxygen atoms in total. The van der Waals surface area contributed by atoms with Gasteiger partial charge < -0.3 is 14.8 Å². The van der Waals surface area contributed by atoms with Crippen LogP contribution in [0, 0.1) is 0 Å². The zero-order valence-electron chi connectivity index (χ0n) is 12.8. The minimum Gasteiger partial charge on any atom is -0.497 e. The molecule has 0 bridgehead atoms. The molecular weight excluding hydrogens is 337 g/mol. The summed E-state index contributed by atoms with van der Waals surface area (Å²) < 4.78 is 10.7. The van der Waals surface area contributed by atoms with E-state index >= 15 is 0 Å². The second kappa shape index (κ2) is 8.09. The van der Waals surface area contributed by atoms with Gasteiger partial charge in [0.1, 0.15) is 11.5 Å². The summed E-state index contributed by atoms with van der Waals surface area (Å²) in [5.74, 6) is 0.962. The van der Waals surface area contributed by atoms with Crippen molar-refractivity contribution in [3.8, 4) is 11.5 Å². The Morgan fingerprint density at radius 2 is 1.87 bits per heavy atom. The van der Waals surface area contributed by atoms with Gasteiger partial charge >= 0.3 is 0 Å². The summed E-state index contributed by atoms with van der Waals surface area (Å²) in [4.78, 5) is 12.1. The maximum atomic E-state index is 12.1. The molecule has 0 unspecified atom stereocenters. The molecule has 23 heavy (non-hydrogen) atoms. The van der Waals surface area contributed by atoms with Gasteiger partial charge in [-0.25, -0.2) is 0 Å². The fraction of sp³-hybridized carbons (Fsp3) is 0.235. The number of ether oxygens (including phenoxy) is 2. The molecule has 122 valence electrons. The van der Waals surface area contributed by atoms with Gasteiger partial charge in [0, 0.05) is 11.6 Å². The Morgan fingerprint density at radius 3 is 2.48 bits per heavy atom. The second-order valence-corrected chi connectivity index (χ2v) is 5.74. The molecule has 0 aliphatic carbocycles. The van der Waals surface area contributed by atoms with Crippen molar-refractivity contribution >= 4 is 29.1 Å². The highest BCUT2D eigenvalue weighted by Crippen LogP contribution is 2.28. The molecule has 0 saturated carbocycles. The van der Waals surface area contributed by atoms with Crippen LogP contribution in [-0.2, 0) is 11.3 Å². The van der Waals surface area contributed by atoms with Gasteiger partial charge in [0.25, 0.3) is 5.91 Å². The van der Waals surface area contributed by atoms with Crippen molar-refractivity contribution in [3.63, 3.8) is 0 Å². The van der Waals surface area contributed by atoms with E-state index in [9.17, 15) is 4.79 Å². The summed E-state index contributed by atoms with van der Waals surface area (Å²) >= 11 is 11.9. The molecule has 0 heterocycles. The Labute approximate surface area is 145 Å². The maximum Gasteiger partial charge on any atom is 0.261 e. The van der Waals surface area contributed by atoms with Crippen LogP contribution in [0.5, 0.6) is 11.5 Å². The third-order valence-electron chi connectivity index (χ3n) is 3.19. The molecule has 1 atom stereocenters. The van der Waals surface area contributed by atoms with Gasteiger partial charge in [-0.1, -0.05) is 35.3 Å². The summed E-state index contributed by atoms with van der Waals surface area (Å²) in [5.41, 5.74) is 0.968. The summed E-state index contributed by atoms with van der Waals surface area (Å²) in [6, 6.07) is 12.3. The van der Waals surface area contributed by atoms with Crippen molar-refractivity contribution < 1.29 is 14.3 Å². The maximum absolute atomic E-state index is 12.1. The van der Waals surface area contributed by atoms with Crippen LogP contribution in [0.25, 0.3) is 0 Å². The van der Waals surface area contributed by atoms with E-state index in [-0.39, 0.29) is 5.91 Å². The van der Waals surface area contributed by atoms with Crippen LogP contribution in [-0.4, -0.2) is 19.1 Å². The van der Waals surface area contributed by atoms with E-state index in [1.54, 1.807) is 32.2 Å². The van der Waals surface area contributed by atoms with Crippen LogP contribution >= 0.6 is 23.2 Å². The summed E-state index contributed by atoms with van der Waals surface area (Å²) in [6.07, 6.45) is -0.674. The SMILES string of the molecule is COc1ccc(CNC(=O)[C@H](C)Oc2ccc(Cl)cc2Cl)cc1. The topological polar surface area (TPSA) is 47.6 Å². The van der Waals surface area contributed by atoms with Crippen LogP contribution in [0.15, 0.2) is 42.5 Å². The zero-order valence-corrected chi connectivity index (χ0v) is 14.3. The molecule has 6 heteroatoms. The fourth-order valence-corrected chi connectivity index (χ4v) is 2.34. The molecule has 0 radical (unpaired) electrons. The number of methoxy groups -OCH3 is 1. The van der Waals surface area contributed by atoms with Gasteiger partial charge in [-0.3, -0.25) is 4.79 Å². The Kier molecular flexibility index (Phi) is 6.13. The average Bonchev–Trinajstić information content (AvgIpc) is 2.55. The average molecular weight is 354 g/mol. The quantitative estimate of drug-likeness (QED) is 0.850. The van der Waals surface area contributed by atoms with Crippen molar-refractivity contribution in [1.29, 1.82) is 0 Å². The Hall–Kier alpha value is -1.91. The molecule has 2 aromatic carbocycles. The first-order valence-electron chi connectivity index (χ1n) is 7.02. The highest BCUT2D eigenvalue weighted by Gasteiger charge is 2.16. The van der Waals surface area contributed by atoms with Crippen molar-refractivity contribution in [2.24, 2.45) is 0 Å². The molecule has 1 amide bonds. The highest BCUT2D eigenvalue weighted by molar-refractivity contribution is 6.35. The number of carbonyl (C=O) groups is 1. The van der Waals surface area contributed by atoms with E-state index in [1.165, 1.54) is 0 Å². The van der Waals surface area contributed by atoms with Gasteiger partial charge in [-0.15, -0.1) is 0 Å². The van der Waals surface area contributed by atoms with E-state index in [4.69, 9.17) is 32.7 Å². The van der Waals surface area contributed by atoms with Crippen molar-refractivity contribution in [2.75, 3.05) is 7.11 Å². The first-order chi connectivity index (χ1) is 11.0. The first kappa shape index (κ1) is 17.4. The number of hydrogen-bond donors (Lipinski definition) is 1. The number of halogens is 2. The van der Waals surface area contributed by atoms with Crippen LogP contribution in [0.4, 0.5) is 0 Å². The Bertz CT molecular complexity index is 674. The molecule has 0 aliphatic heterocycles. The van der Waals surface area contributed by atoms with Gasteiger partial charge in [0.15, 0.2) is 6.10 Å². The molecule has 0 aromatic heterocycles. The van der Waals surface area contributed by atoms with E-state index in [0.29, 0.717) is 22.3 Å². The van der Waals surface area contributed by atoms with E-state index in [1.807, 2.05) is 24.3 Å². The molecule has 1 N–H and O–H groups in total. The van der Waals surface area contributed by atoms with Crippen molar-refractivity contribution in [2.45, 2.75) is 19.6 Å². The largest absolute Gasteiger partial charge is 0.497 e. The standard InChI is InChI=1S/C17H17Cl2NO3/c1-11(23-16-8-5-13(18)9-15(16)19)17(21)20-10-12-3-6-14(22-2)7-4-12/h3-9,11H,10H2,1-2H3,(H,20,21)/t11-/m0/s1. The summed E-state index contributed by atoms with van der Waals surface area (Å²) in [5, 5.41) is 3.69. The van der Waals surface area contributed by atoms with Crippen molar-refractivity contribution in [3.05, 3.63) is 58.1 Å². The third kappa shape index (κ3) is 5.05. The first-order valence-corrected chi connectivity index (χ1v) is 7.77. The number of benzene rings is 2. The van der Waals surface area contributed by atoms with E-state index in [2.05, 4.69) is 5.32 Å². The monoisotopic (exact) mass is 353 g/mol. The molecule has 0 saturated heterocycles. The fourth-order valence-electron chi connectivity index (χ4n) is 1.89. The second-order valence-electron chi connectivity index (χ2n) is 4.90. The van der Waals surface area contributed by atoms with Crippen LogP contribution in [0.2, 0.25) is 10.0 Å². The van der Waals surface area contributed by atoms with Crippen LogP contribution in [0.3, 0.4) is 0 Å². The number of nitrogens with one attached hydrogen (secondary N) is 1. The van der Waals surface area contributed by atoms with Crippen molar-refractivity contribution in [1.82, 2.24) is 5.32 Å². The number of hydrogen-bond acceptors (Lipinski definition) is 3.